The molecule has 2 aliphatic heterocycles. The van der Waals surface area contributed by atoms with Gasteiger partial charge in [0, 0.05) is 35.6 Å². The van der Waals surface area contributed by atoms with E-state index in [-0.39, 0.29) is 37.3 Å². The third-order valence-corrected chi connectivity index (χ3v) is 14.4. The van der Waals surface area contributed by atoms with Crippen molar-refractivity contribution in [1.29, 1.82) is 0 Å². The quantitative estimate of drug-likeness (QED) is 0.199. The van der Waals surface area contributed by atoms with Crippen LogP contribution in [0.1, 0.15) is 79.6 Å². The zero-order valence-electron chi connectivity index (χ0n) is 34.8. The smallest absolute Gasteiger partial charge is 0.405 e. The molecule has 0 radical (unpaired) electrons. The Kier molecular flexibility index (Phi) is 11.8. The summed E-state index contributed by atoms with van der Waals surface area (Å²) in [6.45, 7) is 9.12. The summed E-state index contributed by atoms with van der Waals surface area (Å²) >= 11 is 0. The third kappa shape index (κ3) is 8.86. The van der Waals surface area contributed by atoms with Crippen LogP contribution >= 0.6 is 0 Å². The van der Waals surface area contributed by atoms with Crippen LogP contribution in [0, 0.1) is 17.8 Å². The number of carbonyl (C=O) groups is 4. The first-order chi connectivity index (χ1) is 28.4. The van der Waals surface area contributed by atoms with Gasteiger partial charge in [-0.3, -0.25) is 19.1 Å². The summed E-state index contributed by atoms with van der Waals surface area (Å²) in [7, 11) is -2.47. The molecule has 3 aromatic rings. The molecule has 60 heavy (non-hydrogen) atoms. The van der Waals surface area contributed by atoms with E-state index in [0.29, 0.717) is 54.0 Å². The standard InChI is InChI=1S/C43H54N6O10S/c1-24(2)58-35-14-11-27(22-44-35)33-19-28-18-30(57-6)12-13-32(28)38(45-33)59-31-20-34-37(50)47-43(40(52)48-60(55,56)42(5)15-16-42)21-29(43)10-8-7-9-25(3)17-26(4)36(46-41(53)54)39(51)49(34)23-31/h8,10-14,18-19,22,24-26,29,31,34,36,46H,7,9,15-17,20-21,23H2,1-6H3,(H,47,50)(H,48,52)(H,53,54)/b10-8-/t25-,26+,29?,31+,34-,36-,43?/m0/s1. The van der Waals surface area contributed by atoms with Crippen LogP contribution in [0.25, 0.3) is 22.0 Å². The molecular weight excluding hydrogens is 793 g/mol. The topological polar surface area (TPSA) is 215 Å². The van der Waals surface area contributed by atoms with Gasteiger partial charge in [-0.25, -0.2) is 23.2 Å². The second kappa shape index (κ2) is 16.5. The largest absolute Gasteiger partial charge is 0.497 e. The first-order valence-electron chi connectivity index (χ1n) is 20.6. The monoisotopic (exact) mass is 846 g/mol. The Morgan fingerprint density at radius 2 is 1.85 bits per heavy atom. The number of carbonyl (C=O) groups excluding carboxylic acids is 3. The highest BCUT2D eigenvalue weighted by Gasteiger charge is 2.63. The van der Waals surface area contributed by atoms with E-state index in [1.54, 1.807) is 38.4 Å². The van der Waals surface area contributed by atoms with Gasteiger partial charge in [0.1, 0.15) is 29.5 Å². The minimum Gasteiger partial charge on any atom is -0.497 e. The Hall–Kier alpha value is -5.45. The fourth-order valence-electron chi connectivity index (χ4n) is 8.30. The highest BCUT2D eigenvalue weighted by Crippen LogP contribution is 2.48. The van der Waals surface area contributed by atoms with Gasteiger partial charge in [-0.2, -0.15) is 0 Å². The predicted molar refractivity (Wildman–Crippen MR) is 222 cm³/mol. The third-order valence-electron chi connectivity index (χ3n) is 12.2. The van der Waals surface area contributed by atoms with E-state index in [4.69, 9.17) is 19.2 Å². The lowest BCUT2D eigenvalue weighted by molar-refractivity contribution is -0.142. The molecule has 7 atom stereocenters. The molecule has 0 spiro atoms. The van der Waals surface area contributed by atoms with Gasteiger partial charge in [0.05, 0.1) is 30.2 Å². The van der Waals surface area contributed by atoms with Crippen LogP contribution < -0.4 is 29.6 Å². The lowest BCUT2D eigenvalue weighted by Crippen LogP contribution is -2.59. The number of hydrogen-bond donors (Lipinski definition) is 4. The van der Waals surface area contributed by atoms with Crippen molar-refractivity contribution in [2.75, 3.05) is 13.7 Å². The van der Waals surface area contributed by atoms with Crippen molar-refractivity contribution in [2.45, 2.75) is 114 Å². The van der Waals surface area contributed by atoms with Crippen molar-refractivity contribution >= 4 is 44.6 Å². The van der Waals surface area contributed by atoms with Crippen LogP contribution in [0.3, 0.4) is 0 Å². The molecule has 17 heteroatoms. The molecule has 4 heterocycles. The lowest BCUT2D eigenvalue weighted by atomic mass is 9.88. The number of nitrogens with zero attached hydrogens (tertiary/aromatic N) is 3. The molecule has 1 aromatic carbocycles. The molecule has 2 aliphatic carbocycles. The Bertz CT molecular complexity index is 2300. The number of hydrogen-bond acceptors (Lipinski definition) is 11. The van der Waals surface area contributed by atoms with Gasteiger partial charge in [-0.1, -0.05) is 26.0 Å². The van der Waals surface area contributed by atoms with Gasteiger partial charge in [-0.05, 0) is 107 Å². The highest BCUT2D eigenvalue weighted by molar-refractivity contribution is 7.91. The number of sulfonamides is 1. The number of allylic oxidation sites excluding steroid dienone is 1. The van der Waals surface area contributed by atoms with Gasteiger partial charge >= 0.3 is 6.09 Å². The number of carboxylic acid groups (broad SMARTS) is 1. The summed E-state index contributed by atoms with van der Waals surface area (Å²) in [5.41, 5.74) is -0.373. The Balaban J connectivity index is 1.24. The van der Waals surface area contributed by atoms with E-state index in [2.05, 4.69) is 20.3 Å². The van der Waals surface area contributed by atoms with Crippen molar-refractivity contribution in [3.05, 3.63) is 54.7 Å². The first-order valence-corrected chi connectivity index (χ1v) is 22.0. The number of methoxy groups -OCH3 is 1. The molecule has 2 aromatic heterocycles. The van der Waals surface area contributed by atoms with Crippen LogP contribution in [0.2, 0.25) is 0 Å². The molecule has 1 saturated heterocycles. The van der Waals surface area contributed by atoms with Crippen LogP contribution in [-0.4, -0.2) is 100 Å². The molecule has 2 saturated carbocycles. The number of pyridine rings is 2. The summed E-state index contributed by atoms with van der Waals surface area (Å²) in [5, 5.41) is 16.6. The molecule has 2 unspecified atom stereocenters. The van der Waals surface area contributed by atoms with Crippen molar-refractivity contribution < 1.29 is 46.9 Å². The average molecular weight is 847 g/mol. The maximum Gasteiger partial charge on any atom is 0.405 e. The molecular formula is C43H54N6O10S. The Labute approximate surface area is 349 Å². The van der Waals surface area contributed by atoms with E-state index in [1.165, 1.54) is 4.90 Å². The molecule has 16 nitrogen and oxygen atoms in total. The Morgan fingerprint density at radius 1 is 1.08 bits per heavy atom. The molecule has 4 N–H and O–H groups in total. The van der Waals surface area contributed by atoms with Crippen molar-refractivity contribution in [1.82, 2.24) is 30.2 Å². The molecule has 4 aliphatic rings. The van der Waals surface area contributed by atoms with Gasteiger partial charge in [0.25, 0.3) is 5.91 Å². The van der Waals surface area contributed by atoms with Crippen molar-refractivity contribution in [3.63, 3.8) is 0 Å². The summed E-state index contributed by atoms with van der Waals surface area (Å²) in [6, 6.07) is 8.46. The normalized spacial score (nSPS) is 28.3. The fourth-order valence-corrected chi connectivity index (χ4v) is 9.61. The summed E-state index contributed by atoms with van der Waals surface area (Å²) in [6.07, 6.45) is 5.99. The second-order valence-corrected chi connectivity index (χ2v) is 19.5. The number of fused-ring (bicyclic) bond motifs is 3. The predicted octanol–water partition coefficient (Wildman–Crippen LogP) is 4.96. The zero-order valence-corrected chi connectivity index (χ0v) is 35.6. The number of amides is 4. The van der Waals surface area contributed by atoms with E-state index >= 15 is 0 Å². The summed E-state index contributed by atoms with van der Waals surface area (Å²) in [5.74, 6) is -1.69. The van der Waals surface area contributed by atoms with E-state index in [1.807, 2.05) is 58.0 Å². The van der Waals surface area contributed by atoms with Gasteiger partial charge in [0.2, 0.25) is 33.6 Å². The lowest BCUT2D eigenvalue weighted by Gasteiger charge is -2.32. The zero-order chi connectivity index (χ0) is 43.1. The summed E-state index contributed by atoms with van der Waals surface area (Å²) in [4.78, 5) is 66.0. The number of aromatic nitrogens is 2. The fraction of sp³-hybridized carbons (Fsp3) is 0.535. The van der Waals surface area contributed by atoms with E-state index in [9.17, 15) is 32.7 Å². The van der Waals surface area contributed by atoms with Crippen LogP contribution in [-0.2, 0) is 24.4 Å². The minimum absolute atomic E-state index is 0.0386. The van der Waals surface area contributed by atoms with E-state index in [0.717, 1.165) is 11.8 Å². The molecule has 4 amide bonds. The van der Waals surface area contributed by atoms with Crippen molar-refractivity contribution in [2.24, 2.45) is 17.8 Å². The van der Waals surface area contributed by atoms with Crippen LogP contribution in [0.15, 0.2) is 54.7 Å². The second-order valence-electron chi connectivity index (χ2n) is 17.3. The number of rotatable bonds is 10. The maximum absolute atomic E-state index is 14.6. The van der Waals surface area contributed by atoms with Gasteiger partial charge in [-0.15, -0.1) is 0 Å². The SMILES string of the molecule is COc1ccc2c(O[C@@H]3C[C@H]4C(=O)NC5(C(=O)NS(=O)(=O)C6(C)CC6)CC5/C=C\CC[C@H](C)C[C@@H](C)[C@H](NC(=O)O)C(=O)N4C3)nc(-c3ccc(OC(C)C)nc3)cc2c1. The molecule has 322 valence electrons. The van der Waals surface area contributed by atoms with Crippen LogP contribution in [0.5, 0.6) is 17.5 Å². The highest BCUT2D eigenvalue weighted by atomic mass is 32.2. The van der Waals surface area contributed by atoms with Crippen molar-refractivity contribution in [3.8, 4) is 28.8 Å². The minimum atomic E-state index is -4.03. The van der Waals surface area contributed by atoms with Crippen LogP contribution in [0.4, 0.5) is 4.79 Å². The number of nitrogens with one attached hydrogen (secondary N) is 3. The van der Waals surface area contributed by atoms with Gasteiger partial charge in [0.15, 0.2) is 0 Å². The Morgan fingerprint density at radius 3 is 2.52 bits per heavy atom. The maximum atomic E-state index is 14.6. The van der Waals surface area contributed by atoms with E-state index < -0.39 is 74.1 Å². The molecule has 0 bridgehead atoms. The number of ether oxygens (including phenoxy) is 3. The summed E-state index contributed by atoms with van der Waals surface area (Å²) < 4.78 is 45.5. The molecule has 7 rings (SSSR count). The average Bonchev–Trinajstić information content (AvgIpc) is 4.08. The number of benzene rings is 1. The first kappa shape index (κ1) is 42.7. The van der Waals surface area contributed by atoms with Gasteiger partial charge < -0.3 is 34.9 Å². The molecule has 3 fully saturated rings.